The van der Waals surface area contributed by atoms with Crippen LogP contribution in [0.2, 0.25) is 5.02 Å². The highest BCUT2D eigenvalue weighted by molar-refractivity contribution is 7.07. The number of halogens is 1. The fraction of sp³-hybridized carbons (Fsp3) is 0.179. The molecule has 1 aliphatic rings. The molecule has 2 aromatic carbocycles. The van der Waals surface area contributed by atoms with Crippen molar-refractivity contribution in [2.75, 3.05) is 13.7 Å². The van der Waals surface area contributed by atoms with E-state index >= 15 is 0 Å². The Balaban J connectivity index is 1.64. The highest BCUT2D eigenvalue weighted by atomic mass is 35.5. The number of fused-ring (bicyclic) bond motifs is 1. The number of rotatable bonds is 7. The van der Waals surface area contributed by atoms with Gasteiger partial charge in [-0.05, 0) is 44.2 Å². The number of furan rings is 1. The summed E-state index contributed by atoms with van der Waals surface area (Å²) in [7, 11) is 1.52. The van der Waals surface area contributed by atoms with Gasteiger partial charge in [0.05, 0.1) is 34.4 Å². The Hall–Kier alpha value is -4.48. The molecule has 12 heteroatoms. The van der Waals surface area contributed by atoms with Crippen LogP contribution in [0.15, 0.2) is 80.1 Å². The van der Waals surface area contributed by atoms with Crippen molar-refractivity contribution in [1.82, 2.24) is 4.57 Å². The fourth-order valence-corrected chi connectivity index (χ4v) is 5.71. The van der Waals surface area contributed by atoms with Crippen molar-refractivity contribution in [3.63, 3.8) is 0 Å². The van der Waals surface area contributed by atoms with Crippen molar-refractivity contribution >= 4 is 40.7 Å². The molecule has 4 aromatic rings. The van der Waals surface area contributed by atoms with Crippen LogP contribution in [0, 0.1) is 10.1 Å². The second-order valence-corrected chi connectivity index (χ2v) is 10.1. The third kappa shape index (κ3) is 4.85. The van der Waals surface area contributed by atoms with Gasteiger partial charge < -0.3 is 13.9 Å². The van der Waals surface area contributed by atoms with E-state index in [1.165, 1.54) is 23.8 Å². The van der Waals surface area contributed by atoms with Crippen LogP contribution in [0.1, 0.15) is 31.2 Å². The first-order chi connectivity index (χ1) is 19.2. The molecule has 0 fully saturated rings. The number of carbonyl (C=O) groups excluding carboxylic acids is 1. The smallest absolute Gasteiger partial charge is 0.338 e. The summed E-state index contributed by atoms with van der Waals surface area (Å²) in [6, 6.07) is 14.0. The maximum Gasteiger partial charge on any atom is 0.338 e. The lowest BCUT2D eigenvalue weighted by atomic mass is 9.95. The Bertz CT molecular complexity index is 1870. The number of ether oxygens (including phenoxy) is 2. The third-order valence-corrected chi connectivity index (χ3v) is 7.58. The zero-order valence-electron chi connectivity index (χ0n) is 21.5. The molecule has 3 heterocycles. The number of hydrogen-bond donors (Lipinski definition) is 0. The highest BCUT2D eigenvalue weighted by Crippen LogP contribution is 2.36. The molecule has 0 bridgehead atoms. The summed E-state index contributed by atoms with van der Waals surface area (Å²) in [4.78, 5) is 42.5. The zero-order chi connectivity index (χ0) is 28.6. The monoisotopic (exact) mass is 579 g/mol. The van der Waals surface area contributed by atoms with E-state index in [-0.39, 0.29) is 28.4 Å². The van der Waals surface area contributed by atoms with Crippen molar-refractivity contribution < 1.29 is 23.6 Å². The number of esters is 1. The molecule has 1 atom stereocenters. The second kappa shape index (κ2) is 10.9. The van der Waals surface area contributed by atoms with Crippen LogP contribution in [0.3, 0.4) is 0 Å². The van der Waals surface area contributed by atoms with Gasteiger partial charge in [-0.25, -0.2) is 9.79 Å². The van der Waals surface area contributed by atoms with E-state index in [2.05, 4.69) is 4.99 Å². The van der Waals surface area contributed by atoms with Crippen LogP contribution in [0.5, 0.6) is 5.75 Å². The van der Waals surface area contributed by atoms with Gasteiger partial charge in [-0.1, -0.05) is 41.1 Å². The normalized spacial score (nSPS) is 15.0. The molecule has 0 spiro atoms. The van der Waals surface area contributed by atoms with E-state index < -0.39 is 16.9 Å². The number of nitrogens with zero attached hydrogens (tertiary/aromatic N) is 3. The van der Waals surface area contributed by atoms with Gasteiger partial charge in [0, 0.05) is 23.3 Å². The summed E-state index contributed by atoms with van der Waals surface area (Å²) in [5.74, 6) is 0.659. The van der Waals surface area contributed by atoms with Crippen LogP contribution < -0.4 is 19.6 Å². The van der Waals surface area contributed by atoms with Gasteiger partial charge in [0.15, 0.2) is 4.80 Å². The first kappa shape index (κ1) is 27.1. The number of thiazole rings is 1. The summed E-state index contributed by atoms with van der Waals surface area (Å²) in [5.41, 5.74) is 1.13. The van der Waals surface area contributed by atoms with Gasteiger partial charge in [-0.3, -0.25) is 19.5 Å². The largest absolute Gasteiger partial charge is 0.496 e. The Kier molecular flexibility index (Phi) is 7.42. The molecule has 0 saturated heterocycles. The molecule has 0 radical (unpaired) electrons. The average molecular weight is 580 g/mol. The molecule has 204 valence electrons. The Morgan fingerprint density at radius 2 is 2.02 bits per heavy atom. The molecule has 0 saturated carbocycles. The number of nitro benzene ring substituents is 1. The Morgan fingerprint density at radius 1 is 1.25 bits per heavy atom. The van der Waals surface area contributed by atoms with Gasteiger partial charge in [0.25, 0.3) is 11.2 Å². The van der Waals surface area contributed by atoms with Crippen LogP contribution in [0.4, 0.5) is 5.69 Å². The van der Waals surface area contributed by atoms with Crippen LogP contribution in [-0.2, 0) is 9.53 Å². The quantitative estimate of drug-likeness (QED) is 0.177. The Morgan fingerprint density at radius 3 is 2.75 bits per heavy atom. The first-order valence-electron chi connectivity index (χ1n) is 12.1. The molecule has 0 N–H and O–H groups in total. The van der Waals surface area contributed by atoms with E-state index in [0.29, 0.717) is 43.4 Å². The standard InChI is InChI=1S/C28H22ClN3O7S/c1-4-38-27(34)24-15(2)30-28-31(25(24)18-7-5-6-8-22(18)37-3)26(33)23(40-28)14-17-10-12-21(39-17)16-9-11-19(29)20(13-16)32(35)36/h5-14,25H,4H2,1-3H3/b23-14+/t25-/m1/s1. The first-order valence-corrected chi connectivity index (χ1v) is 13.3. The molecule has 0 amide bonds. The Labute approximate surface area is 236 Å². The van der Waals surface area contributed by atoms with Crippen molar-refractivity contribution in [3.8, 4) is 17.1 Å². The summed E-state index contributed by atoms with van der Waals surface area (Å²) in [6.45, 7) is 3.58. The number of hydrogen-bond acceptors (Lipinski definition) is 9. The molecule has 10 nitrogen and oxygen atoms in total. The minimum Gasteiger partial charge on any atom is -0.496 e. The van der Waals surface area contributed by atoms with Crippen LogP contribution in [-0.4, -0.2) is 29.2 Å². The van der Waals surface area contributed by atoms with Crippen molar-refractivity contribution in [2.24, 2.45) is 4.99 Å². The molecule has 5 rings (SSSR count). The lowest BCUT2D eigenvalue weighted by Gasteiger charge is -2.25. The lowest BCUT2D eigenvalue weighted by molar-refractivity contribution is -0.384. The number of nitro groups is 1. The molecule has 40 heavy (non-hydrogen) atoms. The topological polar surface area (TPSA) is 126 Å². The van der Waals surface area contributed by atoms with Gasteiger partial charge in [-0.15, -0.1) is 0 Å². The van der Waals surface area contributed by atoms with Gasteiger partial charge in [-0.2, -0.15) is 0 Å². The summed E-state index contributed by atoms with van der Waals surface area (Å²) in [5, 5.41) is 11.3. The molecule has 1 aliphatic heterocycles. The maximum absolute atomic E-state index is 13.8. The highest BCUT2D eigenvalue weighted by Gasteiger charge is 2.35. The van der Waals surface area contributed by atoms with Crippen molar-refractivity contribution in [3.05, 3.63) is 112 Å². The molecular formula is C28H22ClN3O7S. The molecule has 0 aliphatic carbocycles. The predicted octanol–water partition coefficient (Wildman–Crippen LogP) is 4.63. The van der Waals surface area contributed by atoms with Crippen molar-refractivity contribution in [2.45, 2.75) is 19.9 Å². The third-order valence-electron chi connectivity index (χ3n) is 6.28. The predicted molar refractivity (Wildman–Crippen MR) is 149 cm³/mol. The number of para-hydroxylation sites is 1. The summed E-state index contributed by atoms with van der Waals surface area (Å²) in [6.07, 6.45) is 1.57. The number of carbonyl (C=O) groups is 1. The minimum atomic E-state index is -0.824. The summed E-state index contributed by atoms with van der Waals surface area (Å²) < 4.78 is 18.6. The van der Waals surface area contributed by atoms with Gasteiger partial charge in [0.2, 0.25) is 0 Å². The second-order valence-electron chi connectivity index (χ2n) is 8.67. The summed E-state index contributed by atoms with van der Waals surface area (Å²) >= 11 is 7.07. The van der Waals surface area contributed by atoms with Crippen LogP contribution >= 0.6 is 22.9 Å². The number of allylic oxidation sites excluding steroid dienone is 1. The van der Waals surface area contributed by atoms with Gasteiger partial charge >= 0.3 is 5.97 Å². The maximum atomic E-state index is 13.8. The number of benzene rings is 2. The van der Waals surface area contributed by atoms with E-state index in [9.17, 15) is 19.7 Å². The fourth-order valence-electron chi connectivity index (χ4n) is 4.50. The van der Waals surface area contributed by atoms with E-state index in [1.54, 1.807) is 62.4 Å². The molecular weight excluding hydrogens is 558 g/mol. The van der Waals surface area contributed by atoms with E-state index in [0.717, 1.165) is 11.3 Å². The SMILES string of the molecule is CCOC(=O)C1=C(C)N=c2s/c(=C/c3ccc(-c4ccc(Cl)c([N+](=O)[O-])c4)o3)c(=O)n2[C@@H]1c1ccccc1OC. The van der Waals surface area contributed by atoms with E-state index in [4.69, 9.17) is 25.5 Å². The number of aromatic nitrogens is 1. The number of methoxy groups -OCH3 is 1. The zero-order valence-corrected chi connectivity index (χ0v) is 23.1. The average Bonchev–Trinajstić information content (AvgIpc) is 3.52. The minimum absolute atomic E-state index is 0.0173. The molecule has 0 unspecified atom stereocenters. The van der Waals surface area contributed by atoms with Crippen LogP contribution in [0.25, 0.3) is 17.4 Å². The lowest BCUT2D eigenvalue weighted by Crippen LogP contribution is -2.40. The van der Waals surface area contributed by atoms with E-state index in [1.807, 2.05) is 0 Å². The van der Waals surface area contributed by atoms with Crippen molar-refractivity contribution in [1.29, 1.82) is 0 Å². The van der Waals surface area contributed by atoms with Gasteiger partial charge in [0.1, 0.15) is 28.3 Å². The molecule has 2 aromatic heterocycles.